The number of hydrogen-bond acceptors (Lipinski definition) is 2. The van der Waals surface area contributed by atoms with Gasteiger partial charge in [0.15, 0.2) is 0 Å². The quantitative estimate of drug-likeness (QED) is 0.812. The van der Waals surface area contributed by atoms with E-state index >= 15 is 0 Å². The van der Waals surface area contributed by atoms with Crippen LogP contribution in [0.2, 0.25) is 0 Å². The zero-order valence-corrected chi connectivity index (χ0v) is 9.80. The highest BCUT2D eigenvalue weighted by Crippen LogP contribution is 2.34. The van der Waals surface area contributed by atoms with Gasteiger partial charge in [0.1, 0.15) is 0 Å². The van der Waals surface area contributed by atoms with Gasteiger partial charge in [-0.05, 0) is 23.3 Å². The van der Waals surface area contributed by atoms with Crippen LogP contribution >= 0.6 is 0 Å². The fraction of sp³-hybridized carbons (Fsp3) is 0.0625. The lowest BCUT2D eigenvalue weighted by Gasteiger charge is -2.25. The summed E-state index contributed by atoms with van der Waals surface area (Å²) in [5.74, 6) is 0. The average Bonchev–Trinajstić information content (AvgIpc) is 2.46. The Hall–Kier alpha value is -2.53. The van der Waals surface area contributed by atoms with Crippen LogP contribution in [0.25, 0.3) is 6.08 Å². The molecule has 1 unspecified atom stereocenters. The van der Waals surface area contributed by atoms with E-state index in [1.165, 1.54) is 0 Å². The Morgan fingerprint density at radius 1 is 0.944 bits per heavy atom. The van der Waals surface area contributed by atoms with Crippen molar-refractivity contribution in [3.63, 3.8) is 0 Å². The SMILES string of the molecule is N#CC1=Cc2ccccc2NC1c1ccccc1. The highest BCUT2D eigenvalue weighted by atomic mass is 14.9. The van der Waals surface area contributed by atoms with Crippen molar-refractivity contribution in [3.8, 4) is 6.07 Å². The maximum Gasteiger partial charge on any atom is 0.0973 e. The van der Waals surface area contributed by atoms with Gasteiger partial charge in [-0.15, -0.1) is 0 Å². The third-order valence-electron chi connectivity index (χ3n) is 3.14. The molecule has 2 nitrogen and oxygen atoms in total. The third kappa shape index (κ3) is 1.76. The molecule has 1 aliphatic heterocycles. The molecule has 2 aromatic carbocycles. The molecule has 0 fully saturated rings. The number of nitriles is 1. The first-order valence-corrected chi connectivity index (χ1v) is 5.91. The molecule has 1 N–H and O–H groups in total. The minimum atomic E-state index is -0.0499. The molecule has 0 aliphatic carbocycles. The number of nitrogens with zero attached hydrogens (tertiary/aromatic N) is 1. The van der Waals surface area contributed by atoms with Gasteiger partial charge >= 0.3 is 0 Å². The molecule has 1 aliphatic rings. The van der Waals surface area contributed by atoms with Gasteiger partial charge in [-0.3, -0.25) is 0 Å². The molecule has 1 heterocycles. The molecule has 0 spiro atoms. The van der Waals surface area contributed by atoms with Crippen molar-refractivity contribution in [1.29, 1.82) is 5.26 Å². The molecule has 0 radical (unpaired) electrons. The number of benzene rings is 2. The smallest absolute Gasteiger partial charge is 0.0973 e. The molecule has 18 heavy (non-hydrogen) atoms. The fourth-order valence-corrected chi connectivity index (χ4v) is 2.24. The Labute approximate surface area is 106 Å². The molecule has 3 rings (SSSR count). The van der Waals surface area contributed by atoms with Gasteiger partial charge in [-0.2, -0.15) is 5.26 Å². The van der Waals surface area contributed by atoms with Crippen LogP contribution in [0.5, 0.6) is 0 Å². The monoisotopic (exact) mass is 232 g/mol. The second-order valence-electron chi connectivity index (χ2n) is 4.29. The Kier molecular flexibility index (Phi) is 2.59. The normalized spacial score (nSPS) is 17.1. The Bertz CT molecular complexity index is 636. The van der Waals surface area contributed by atoms with Crippen LogP contribution < -0.4 is 5.32 Å². The fourth-order valence-electron chi connectivity index (χ4n) is 2.24. The Morgan fingerprint density at radius 3 is 2.44 bits per heavy atom. The van der Waals surface area contributed by atoms with Gasteiger partial charge < -0.3 is 5.32 Å². The summed E-state index contributed by atoms with van der Waals surface area (Å²) in [6, 6.07) is 20.3. The maximum absolute atomic E-state index is 9.29. The van der Waals surface area contributed by atoms with E-state index in [2.05, 4.69) is 11.4 Å². The summed E-state index contributed by atoms with van der Waals surface area (Å²) in [5.41, 5.74) is 4.01. The lowest BCUT2D eigenvalue weighted by molar-refractivity contribution is 0.938. The van der Waals surface area contributed by atoms with Crippen molar-refractivity contribution >= 4 is 11.8 Å². The number of nitrogens with one attached hydrogen (secondary N) is 1. The Balaban J connectivity index is 2.08. The first-order chi connectivity index (χ1) is 8.88. The number of hydrogen-bond donors (Lipinski definition) is 1. The summed E-state index contributed by atoms with van der Waals surface area (Å²) >= 11 is 0. The molecule has 86 valence electrons. The zero-order valence-electron chi connectivity index (χ0n) is 9.80. The highest BCUT2D eigenvalue weighted by Gasteiger charge is 2.21. The van der Waals surface area contributed by atoms with Crippen LogP contribution in [0, 0.1) is 11.3 Å². The second kappa shape index (κ2) is 4.38. The predicted molar refractivity (Wildman–Crippen MR) is 72.8 cm³/mol. The Morgan fingerprint density at radius 2 is 1.67 bits per heavy atom. The van der Waals surface area contributed by atoms with Crippen LogP contribution in [-0.2, 0) is 0 Å². The average molecular weight is 232 g/mol. The van der Waals surface area contributed by atoms with Crippen LogP contribution in [0.4, 0.5) is 5.69 Å². The largest absolute Gasteiger partial charge is 0.373 e. The summed E-state index contributed by atoms with van der Waals surface area (Å²) in [5, 5.41) is 12.7. The van der Waals surface area contributed by atoms with Crippen LogP contribution in [-0.4, -0.2) is 0 Å². The second-order valence-corrected chi connectivity index (χ2v) is 4.29. The first kappa shape index (κ1) is 10.6. The number of fused-ring (bicyclic) bond motifs is 1. The van der Waals surface area contributed by atoms with Crippen molar-refractivity contribution in [2.24, 2.45) is 0 Å². The standard InChI is InChI=1S/C16H12N2/c17-11-14-10-13-8-4-5-9-15(13)18-16(14)12-6-2-1-3-7-12/h1-10,16,18H. The molecule has 1 atom stereocenters. The van der Waals surface area contributed by atoms with Gasteiger partial charge in [-0.25, -0.2) is 0 Å². The first-order valence-electron chi connectivity index (χ1n) is 5.91. The van der Waals surface area contributed by atoms with E-state index in [9.17, 15) is 5.26 Å². The van der Waals surface area contributed by atoms with Gasteiger partial charge in [0.2, 0.25) is 0 Å². The molecule has 0 bridgehead atoms. The van der Waals surface area contributed by atoms with Gasteiger partial charge in [0.25, 0.3) is 0 Å². The number of rotatable bonds is 1. The van der Waals surface area contributed by atoms with Gasteiger partial charge in [0.05, 0.1) is 17.7 Å². The van der Waals surface area contributed by atoms with E-state index in [-0.39, 0.29) is 6.04 Å². The van der Waals surface area contributed by atoms with E-state index in [0.29, 0.717) is 0 Å². The maximum atomic E-state index is 9.29. The minimum Gasteiger partial charge on any atom is -0.373 e. The van der Waals surface area contributed by atoms with Crippen molar-refractivity contribution < 1.29 is 0 Å². The molecule has 0 amide bonds. The minimum absolute atomic E-state index is 0.0499. The molecule has 2 aromatic rings. The predicted octanol–water partition coefficient (Wildman–Crippen LogP) is 3.76. The van der Waals surface area contributed by atoms with Gasteiger partial charge in [0, 0.05) is 5.69 Å². The molecule has 2 heteroatoms. The summed E-state index contributed by atoms with van der Waals surface area (Å²) in [6.07, 6.45) is 1.96. The number of anilines is 1. The third-order valence-corrected chi connectivity index (χ3v) is 3.14. The number of para-hydroxylation sites is 1. The van der Waals surface area contributed by atoms with E-state index in [0.717, 1.165) is 22.4 Å². The van der Waals surface area contributed by atoms with Crippen LogP contribution in [0.15, 0.2) is 60.2 Å². The molecule has 0 saturated carbocycles. The van der Waals surface area contributed by atoms with Crippen LogP contribution in [0.3, 0.4) is 0 Å². The van der Waals surface area contributed by atoms with E-state index in [4.69, 9.17) is 0 Å². The lowest BCUT2D eigenvalue weighted by atomic mass is 9.93. The molecule has 0 aromatic heterocycles. The van der Waals surface area contributed by atoms with Gasteiger partial charge in [-0.1, -0.05) is 48.5 Å². The van der Waals surface area contributed by atoms with Crippen molar-refractivity contribution in [2.75, 3.05) is 5.32 Å². The summed E-state index contributed by atoms with van der Waals surface area (Å²) < 4.78 is 0. The van der Waals surface area contributed by atoms with Crippen molar-refractivity contribution in [2.45, 2.75) is 6.04 Å². The summed E-state index contributed by atoms with van der Waals surface area (Å²) in [6.45, 7) is 0. The van der Waals surface area contributed by atoms with E-state index < -0.39 is 0 Å². The lowest BCUT2D eigenvalue weighted by Crippen LogP contribution is -2.16. The van der Waals surface area contributed by atoms with Crippen molar-refractivity contribution in [1.82, 2.24) is 0 Å². The molecular formula is C16H12N2. The highest BCUT2D eigenvalue weighted by molar-refractivity contribution is 5.76. The topological polar surface area (TPSA) is 35.8 Å². The van der Waals surface area contributed by atoms with E-state index in [1.807, 2.05) is 60.7 Å². The zero-order chi connectivity index (χ0) is 12.4. The van der Waals surface area contributed by atoms with Crippen molar-refractivity contribution in [3.05, 3.63) is 71.3 Å². The van der Waals surface area contributed by atoms with E-state index in [1.54, 1.807) is 0 Å². The summed E-state index contributed by atoms with van der Waals surface area (Å²) in [7, 11) is 0. The summed E-state index contributed by atoms with van der Waals surface area (Å²) in [4.78, 5) is 0. The molecular weight excluding hydrogens is 220 g/mol. The van der Waals surface area contributed by atoms with Crippen LogP contribution in [0.1, 0.15) is 17.2 Å². The molecule has 0 saturated heterocycles.